The molecule has 0 atom stereocenters. The number of ether oxygens (including phenoxy) is 1. The fourth-order valence-corrected chi connectivity index (χ4v) is 2.95. The monoisotopic (exact) mass is 517 g/mol. The molecular formula is C23H28IN5O. The van der Waals surface area contributed by atoms with Crippen LogP contribution in [0.1, 0.15) is 16.7 Å². The average molecular weight is 517 g/mol. The topological polar surface area (TPSA) is 63.5 Å². The number of guanidine groups is 1. The predicted molar refractivity (Wildman–Crippen MR) is 132 cm³/mol. The van der Waals surface area contributed by atoms with E-state index in [4.69, 9.17) is 4.74 Å². The summed E-state index contributed by atoms with van der Waals surface area (Å²) >= 11 is 0. The van der Waals surface area contributed by atoms with E-state index in [1.807, 2.05) is 36.8 Å². The molecule has 3 rings (SSSR count). The summed E-state index contributed by atoms with van der Waals surface area (Å²) in [5, 5.41) is 6.71. The molecule has 0 saturated heterocycles. The number of para-hydroxylation sites is 1. The Hall–Kier alpha value is -2.81. The third kappa shape index (κ3) is 7.22. The molecule has 0 fully saturated rings. The van der Waals surface area contributed by atoms with Gasteiger partial charge in [0.15, 0.2) is 5.96 Å². The minimum atomic E-state index is 0. The number of aliphatic imine (C=N–C) groups is 1. The first-order valence-corrected chi connectivity index (χ1v) is 9.58. The van der Waals surface area contributed by atoms with E-state index in [9.17, 15) is 0 Å². The van der Waals surface area contributed by atoms with Crippen molar-refractivity contribution in [2.75, 3.05) is 13.7 Å². The molecule has 0 aliphatic heterocycles. The van der Waals surface area contributed by atoms with Gasteiger partial charge < -0.3 is 19.9 Å². The Labute approximate surface area is 195 Å². The van der Waals surface area contributed by atoms with Crippen LogP contribution in [0.5, 0.6) is 5.75 Å². The molecule has 0 unspecified atom stereocenters. The van der Waals surface area contributed by atoms with Gasteiger partial charge in [0.25, 0.3) is 0 Å². The molecule has 0 spiro atoms. The zero-order chi connectivity index (χ0) is 20.3. The van der Waals surface area contributed by atoms with Crippen LogP contribution in [0, 0.1) is 0 Å². The molecule has 0 aliphatic carbocycles. The minimum Gasteiger partial charge on any atom is -0.489 e. The third-order valence-corrected chi connectivity index (χ3v) is 4.37. The molecule has 0 bridgehead atoms. The summed E-state index contributed by atoms with van der Waals surface area (Å²) in [7, 11) is 1.77. The van der Waals surface area contributed by atoms with Crippen LogP contribution in [-0.2, 0) is 19.6 Å². The number of nitrogens with zero attached hydrogens (tertiary/aromatic N) is 3. The molecule has 2 N–H and O–H groups in total. The first-order chi connectivity index (χ1) is 14.3. The molecule has 1 aromatic heterocycles. The van der Waals surface area contributed by atoms with Crippen molar-refractivity contribution >= 4 is 29.9 Å². The fourth-order valence-electron chi connectivity index (χ4n) is 2.95. The number of benzene rings is 2. The molecule has 0 saturated carbocycles. The number of imidazole rings is 1. The lowest BCUT2D eigenvalue weighted by Gasteiger charge is -2.15. The zero-order valence-corrected chi connectivity index (χ0v) is 19.5. The smallest absolute Gasteiger partial charge is 0.191 e. The minimum absolute atomic E-state index is 0. The van der Waals surface area contributed by atoms with Gasteiger partial charge in [-0.2, -0.15) is 0 Å². The second-order valence-electron chi connectivity index (χ2n) is 6.54. The van der Waals surface area contributed by atoms with E-state index < -0.39 is 0 Å². The van der Waals surface area contributed by atoms with Crippen LogP contribution in [0.2, 0.25) is 0 Å². The van der Waals surface area contributed by atoms with Gasteiger partial charge in [0.1, 0.15) is 12.4 Å². The SMILES string of the molecule is C=CCOc1ccccc1CNC(=NC)NCc1cccc(Cn2ccnc2)c1.I. The number of halogens is 1. The molecule has 158 valence electrons. The molecule has 6 nitrogen and oxygen atoms in total. The first kappa shape index (κ1) is 23.5. The van der Waals surface area contributed by atoms with Crippen LogP contribution in [0.25, 0.3) is 0 Å². The molecule has 3 aromatic rings. The van der Waals surface area contributed by atoms with Crippen LogP contribution < -0.4 is 15.4 Å². The van der Waals surface area contributed by atoms with Crippen molar-refractivity contribution in [3.63, 3.8) is 0 Å². The standard InChI is InChI=1S/C23H27N5O.HI/c1-3-13-29-22-10-5-4-9-21(22)16-27-23(24-2)26-15-19-7-6-8-20(14-19)17-28-12-11-25-18-28;/h3-12,14,18H,1,13,15-17H2,2H3,(H2,24,26,27);1H. The van der Waals surface area contributed by atoms with Gasteiger partial charge in [0.2, 0.25) is 0 Å². The summed E-state index contributed by atoms with van der Waals surface area (Å²) in [5.41, 5.74) is 3.50. The van der Waals surface area contributed by atoms with Crippen molar-refractivity contribution in [1.29, 1.82) is 0 Å². The Morgan fingerprint density at radius 1 is 1.13 bits per heavy atom. The molecule has 7 heteroatoms. The van der Waals surface area contributed by atoms with E-state index in [0.29, 0.717) is 19.7 Å². The highest BCUT2D eigenvalue weighted by molar-refractivity contribution is 14.0. The van der Waals surface area contributed by atoms with Gasteiger partial charge in [-0.15, -0.1) is 24.0 Å². The molecule has 2 aromatic carbocycles. The lowest BCUT2D eigenvalue weighted by atomic mass is 10.1. The highest BCUT2D eigenvalue weighted by atomic mass is 127. The largest absolute Gasteiger partial charge is 0.489 e. The Morgan fingerprint density at radius 2 is 1.93 bits per heavy atom. The summed E-state index contributed by atoms with van der Waals surface area (Å²) < 4.78 is 7.77. The summed E-state index contributed by atoms with van der Waals surface area (Å²) in [6.07, 6.45) is 7.33. The highest BCUT2D eigenvalue weighted by Gasteiger charge is 2.05. The summed E-state index contributed by atoms with van der Waals surface area (Å²) in [6, 6.07) is 16.5. The summed E-state index contributed by atoms with van der Waals surface area (Å²) in [5.74, 6) is 1.59. The number of nitrogens with one attached hydrogen (secondary N) is 2. The van der Waals surface area contributed by atoms with E-state index in [-0.39, 0.29) is 24.0 Å². The molecule has 0 aliphatic rings. The normalized spacial score (nSPS) is 10.8. The van der Waals surface area contributed by atoms with E-state index >= 15 is 0 Å². The fraction of sp³-hybridized carbons (Fsp3) is 0.217. The van der Waals surface area contributed by atoms with Crippen molar-refractivity contribution in [3.05, 3.63) is 96.6 Å². The quantitative estimate of drug-likeness (QED) is 0.195. The van der Waals surface area contributed by atoms with E-state index in [1.165, 1.54) is 11.1 Å². The van der Waals surface area contributed by atoms with Crippen molar-refractivity contribution in [2.24, 2.45) is 4.99 Å². The number of rotatable bonds is 9. The van der Waals surface area contributed by atoms with E-state index in [0.717, 1.165) is 23.8 Å². The van der Waals surface area contributed by atoms with Crippen molar-refractivity contribution in [3.8, 4) is 5.75 Å². The third-order valence-electron chi connectivity index (χ3n) is 4.37. The van der Waals surface area contributed by atoms with E-state index in [2.05, 4.69) is 56.0 Å². The molecule has 30 heavy (non-hydrogen) atoms. The van der Waals surface area contributed by atoms with Crippen LogP contribution >= 0.6 is 24.0 Å². The number of aromatic nitrogens is 2. The lowest BCUT2D eigenvalue weighted by Crippen LogP contribution is -2.36. The summed E-state index contributed by atoms with van der Waals surface area (Å²) in [4.78, 5) is 8.41. The average Bonchev–Trinajstić information content (AvgIpc) is 3.26. The van der Waals surface area contributed by atoms with Gasteiger partial charge in [-0.05, 0) is 17.2 Å². The van der Waals surface area contributed by atoms with Crippen molar-refractivity contribution in [1.82, 2.24) is 20.2 Å². The van der Waals surface area contributed by atoms with Crippen molar-refractivity contribution in [2.45, 2.75) is 19.6 Å². The maximum Gasteiger partial charge on any atom is 0.191 e. The van der Waals surface area contributed by atoms with Gasteiger partial charge >= 0.3 is 0 Å². The lowest BCUT2D eigenvalue weighted by molar-refractivity contribution is 0.358. The van der Waals surface area contributed by atoms with Gasteiger partial charge in [0, 0.05) is 44.6 Å². The van der Waals surface area contributed by atoms with Gasteiger partial charge in [-0.1, -0.05) is 55.1 Å². The number of hydrogen-bond acceptors (Lipinski definition) is 3. The van der Waals surface area contributed by atoms with Crippen molar-refractivity contribution < 1.29 is 4.74 Å². The Morgan fingerprint density at radius 3 is 2.70 bits per heavy atom. The highest BCUT2D eigenvalue weighted by Crippen LogP contribution is 2.17. The maximum atomic E-state index is 5.71. The van der Waals surface area contributed by atoms with Crippen LogP contribution in [0.15, 0.2) is 84.9 Å². The molecule has 0 radical (unpaired) electrons. The van der Waals surface area contributed by atoms with Crippen LogP contribution in [0.3, 0.4) is 0 Å². The maximum absolute atomic E-state index is 5.71. The van der Waals surface area contributed by atoms with Crippen LogP contribution in [-0.4, -0.2) is 29.2 Å². The van der Waals surface area contributed by atoms with Gasteiger partial charge in [-0.25, -0.2) is 4.98 Å². The Kier molecular flexibility index (Phi) is 9.93. The van der Waals surface area contributed by atoms with Crippen LogP contribution in [0.4, 0.5) is 0 Å². The first-order valence-electron chi connectivity index (χ1n) is 9.58. The predicted octanol–water partition coefficient (Wildman–Crippen LogP) is 3.98. The van der Waals surface area contributed by atoms with Gasteiger partial charge in [0.05, 0.1) is 6.33 Å². The Balaban J connectivity index is 0.00000320. The Bertz CT molecular complexity index is 940. The molecular weight excluding hydrogens is 489 g/mol. The molecule has 1 heterocycles. The zero-order valence-electron chi connectivity index (χ0n) is 17.1. The van der Waals surface area contributed by atoms with E-state index in [1.54, 1.807) is 19.3 Å². The second kappa shape index (κ2) is 12.7. The second-order valence-corrected chi connectivity index (χ2v) is 6.54. The number of hydrogen-bond donors (Lipinski definition) is 2. The molecule has 0 amide bonds. The van der Waals surface area contributed by atoms with Gasteiger partial charge in [-0.3, -0.25) is 4.99 Å². The summed E-state index contributed by atoms with van der Waals surface area (Å²) in [6.45, 7) is 6.30.